The molecule has 16 heavy (non-hydrogen) atoms. The van der Waals surface area contributed by atoms with E-state index in [2.05, 4.69) is 5.32 Å². The van der Waals surface area contributed by atoms with Gasteiger partial charge in [0.15, 0.2) is 0 Å². The third kappa shape index (κ3) is 3.15. The molecule has 1 heterocycles. The molecule has 0 saturated carbocycles. The second-order valence-corrected chi connectivity index (χ2v) is 3.73. The summed E-state index contributed by atoms with van der Waals surface area (Å²) >= 11 is 0. The van der Waals surface area contributed by atoms with Crippen molar-refractivity contribution in [1.29, 1.82) is 0 Å². The summed E-state index contributed by atoms with van der Waals surface area (Å²) in [7, 11) is 0. The Morgan fingerprint density at radius 2 is 2.12 bits per heavy atom. The van der Waals surface area contributed by atoms with Gasteiger partial charge in [-0.15, -0.1) is 0 Å². The molecule has 0 aromatic rings. The van der Waals surface area contributed by atoms with Crippen LogP contribution in [-0.4, -0.2) is 36.2 Å². The van der Waals surface area contributed by atoms with Crippen LogP contribution in [0.2, 0.25) is 0 Å². The molecule has 6 nitrogen and oxygen atoms in total. The van der Waals surface area contributed by atoms with Gasteiger partial charge in [-0.2, -0.15) is 0 Å². The van der Waals surface area contributed by atoms with Gasteiger partial charge in [0.1, 0.15) is 25.5 Å². The molecule has 0 aliphatic carbocycles. The van der Waals surface area contributed by atoms with Crippen LogP contribution >= 0.6 is 0 Å². The Labute approximate surface area is 93.2 Å². The highest BCUT2D eigenvalue weighted by atomic mass is 16.6. The average Bonchev–Trinajstić information content (AvgIpc) is 2.25. The molecule has 1 aliphatic heterocycles. The molecule has 1 rings (SSSR count). The van der Waals surface area contributed by atoms with Crippen LogP contribution in [0.1, 0.15) is 13.8 Å². The lowest BCUT2D eigenvalue weighted by Crippen LogP contribution is -2.45. The van der Waals surface area contributed by atoms with E-state index in [1.54, 1.807) is 13.8 Å². The summed E-state index contributed by atoms with van der Waals surface area (Å²) in [6, 6.07) is -0.932. The van der Waals surface area contributed by atoms with E-state index < -0.39 is 17.9 Å². The number of nitrogens with one attached hydrogen (secondary N) is 1. The van der Waals surface area contributed by atoms with Gasteiger partial charge in [0.05, 0.1) is 0 Å². The molecule has 0 radical (unpaired) electrons. The van der Waals surface area contributed by atoms with E-state index in [1.165, 1.54) is 6.26 Å². The molecule has 0 bridgehead atoms. The molecule has 1 amide bonds. The number of carbonyl (C=O) groups excluding carboxylic acids is 1. The van der Waals surface area contributed by atoms with Crippen LogP contribution in [0, 0.1) is 5.92 Å². The lowest BCUT2D eigenvalue weighted by atomic mass is 10.0. The molecule has 90 valence electrons. The Balaban J connectivity index is 2.61. The second-order valence-electron chi connectivity index (χ2n) is 3.73. The number of carbonyl (C=O) groups is 2. The molecule has 1 aliphatic rings. The van der Waals surface area contributed by atoms with Crippen LogP contribution < -0.4 is 5.32 Å². The monoisotopic (exact) mass is 229 g/mol. The zero-order valence-corrected chi connectivity index (χ0v) is 9.23. The molecule has 2 N–H and O–H groups in total. The molecule has 1 atom stereocenters. The van der Waals surface area contributed by atoms with Crippen molar-refractivity contribution in [2.24, 2.45) is 5.92 Å². The van der Waals surface area contributed by atoms with Gasteiger partial charge in [-0.1, -0.05) is 13.8 Å². The van der Waals surface area contributed by atoms with Gasteiger partial charge in [-0.05, 0) is 5.92 Å². The van der Waals surface area contributed by atoms with Crippen LogP contribution in [0.15, 0.2) is 12.0 Å². The molecule has 6 heteroatoms. The summed E-state index contributed by atoms with van der Waals surface area (Å²) in [6.45, 7) is 4.11. The van der Waals surface area contributed by atoms with Crippen LogP contribution in [0.5, 0.6) is 0 Å². The fourth-order valence-corrected chi connectivity index (χ4v) is 1.21. The van der Waals surface area contributed by atoms with Crippen molar-refractivity contribution in [3.05, 3.63) is 12.0 Å². The number of hydrogen-bond acceptors (Lipinski definition) is 4. The maximum absolute atomic E-state index is 11.6. The average molecular weight is 229 g/mol. The fourth-order valence-electron chi connectivity index (χ4n) is 1.21. The van der Waals surface area contributed by atoms with E-state index in [0.717, 1.165) is 0 Å². The van der Waals surface area contributed by atoms with Crippen LogP contribution in [0.25, 0.3) is 0 Å². The zero-order valence-electron chi connectivity index (χ0n) is 9.23. The maximum atomic E-state index is 11.6. The van der Waals surface area contributed by atoms with Gasteiger partial charge in [0.25, 0.3) is 5.91 Å². The van der Waals surface area contributed by atoms with Gasteiger partial charge < -0.3 is 19.9 Å². The number of aliphatic carboxylic acids is 1. The summed E-state index contributed by atoms with van der Waals surface area (Å²) in [5.74, 6) is -1.83. The lowest BCUT2D eigenvalue weighted by Gasteiger charge is -2.20. The quantitative estimate of drug-likeness (QED) is 0.714. The molecule has 0 aromatic carbocycles. The van der Waals surface area contributed by atoms with Gasteiger partial charge in [0.2, 0.25) is 5.76 Å². The lowest BCUT2D eigenvalue weighted by molar-refractivity contribution is -0.143. The highest BCUT2D eigenvalue weighted by molar-refractivity contribution is 5.94. The molecule has 0 spiro atoms. The summed E-state index contributed by atoms with van der Waals surface area (Å²) in [5, 5.41) is 11.3. The van der Waals surface area contributed by atoms with E-state index in [4.69, 9.17) is 14.6 Å². The zero-order chi connectivity index (χ0) is 12.1. The number of carboxylic acid groups (broad SMARTS) is 1. The molecule has 0 unspecified atom stereocenters. The minimum absolute atomic E-state index is 0.0122. The van der Waals surface area contributed by atoms with E-state index in [9.17, 15) is 9.59 Å². The van der Waals surface area contributed by atoms with Crippen molar-refractivity contribution in [2.45, 2.75) is 19.9 Å². The largest absolute Gasteiger partial charge is 0.494 e. The predicted octanol–water partition coefficient (Wildman–Crippen LogP) is 0.1000. The Morgan fingerprint density at radius 1 is 1.44 bits per heavy atom. The topological polar surface area (TPSA) is 84.9 Å². The SMILES string of the molecule is CC(C)[C@@H](NC(=O)C1=COCCO1)C(=O)O. The minimum atomic E-state index is -1.07. The predicted molar refractivity (Wildman–Crippen MR) is 54.4 cm³/mol. The van der Waals surface area contributed by atoms with Crippen LogP contribution in [0.3, 0.4) is 0 Å². The smallest absolute Gasteiger partial charge is 0.326 e. The van der Waals surface area contributed by atoms with E-state index in [-0.39, 0.29) is 11.7 Å². The number of hydrogen-bond donors (Lipinski definition) is 2. The first-order chi connectivity index (χ1) is 7.52. The van der Waals surface area contributed by atoms with E-state index in [0.29, 0.717) is 13.2 Å². The Hall–Kier alpha value is -1.72. The fraction of sp³-hybridized carbons (Fsp3) is 0.600. The molecular formula is C10H15NO5. The van der Waals surface area contributed by atoms with Crippen molar-refractivity contribution in [3.63, 3.8) is 0 Å². The molecule has 0 fully saturated rings. The normalized spacial score (nSPS) is 16.8. The van der Waals surface area contributed by atoms with Gasteiger partial charge in [0, 0.05) is 0 Å². The van der Waals surface area contributed by atoms with Gasteiger partial charge >= 0.3 is 5.97 Å². The molecule has 0 saturated heterocycles. The third-order valence-electron chi connectivity index (χ3n) is 2.09. The first-order valence-corrected chi connectivity index (χ1v) is 5.00. The molecular weight excluding hydrogens is 214 g/mol. The highest BCUT2D eigenvalue weighted by Gasteiger charge is 2.26. The Morgan fingerprint density at radius 3 is 2.56 bits per heavy atom. The summed E-state index contributed by atoms with van der Waals surface area (Å²) in [5.41, 5.74) is 0. The minimum Gasteiger partial charge on any atom is -0.494 e. The third-order valence-corrected chi connectivity index (χ3v) is 2.09. The number of ether oxygens (including phenoxy) is 2. The summed E-state index contributed by atoms with van der Waals surface area (Å²) < 4.78 is 9.94. The Bertz CT molecular complexity index is 310. The van der Waals surface area contributed by atoms with Crippen molar-refractivity contribution in [3.8, 4) is 0 Å². The number of amides is 1. The van der Waals surface area contributed by atoms with Gasteiger partial charge in [-0.3, -0.25) is 4.79 Å². The first-order valence-electron chi connectivity index (χ1n) is 5.00. The van der Waals surface area contributed by atoms with Gasteiger partial charge in [-0.25, -0.2) is 4.79 Å². The Kier molecular flexibility index (Phi) is 4.16. The standard InChI is InChI=1S/C10H15NO5/c1-6(2)8(10(13)14)11-9(12)7-5-15-3-4-16-7/h5-6,8H,3-4H2,1-2H3,(H,11,12)(H,13,14)/t8-/m1/s1. The van der Waals surface area contributed by atoms with Crippen LogP contribution in [-0.2, 0) is 19.1 Å². The first kappa shape index (κ1) is 12.4. The van der Waals surface area contributed by atoms with Crippen LogP contribution in [0.4, 0.5) is 0 Å². The van der Waals surface area contributed by atoms with Crippen molar-refractivity contribution < 1.29 is 24.2 Å². The van der Waals surface area contributed by atoms with Crippen molar-refractivity contribution in [2.75, 3.05) is 13.2 Å². The van der Waals surface area contributed by atoms with E-state index >= 15 is 0 Å². The number of carboxylic acids is 1. The van der Waals surface area contributed by atoms with E-state index in [1.807, 2.05) is 0 Å². The van der Waals surface area contributed by atoms with Crippen molar-refractivity contribution >= 4 is 11.9 Å². The maximum Gasteiger partial charge on any atom is 0.326 e. The molecule has 0 aromatic heterocycles. The summed E-state index contributed by atoms with van der Waals surface area (Å²) in [6.07, 6.45) is 1.19. The summed E-state index contributed by atoms with van der Waals surface area (Å²) in [4.78, 5) is 22.4. The second kappa shape index (κ2) is 5.39. The van der Waals surface area contributed by atoms with Crippen molar-refractivity contribution in [1.82, 2.24) is 5.32 Å². The highest BCUT2D eigenvalue weighted by Crippen LogP contribution is 2.07. The number of rotatable bonds is 4.